The van der Waals surface area contributed by atoms with E-state index in [9.17, 15) is 19.5 Å². The molecule has 4 rings (SSSR count). The highest BCUT2D eigenvalue weighted by atomic mass is 35.5. The third kappa shape index (κ3) is 2.05. The number of fused-ring (bicyclic) bond motifs is 5. The number of allylic oxidation sites excluding steroid dienone is 4. The van der Waals surface area contributed by atoms with Crippen molar-refractivity contribution in [3.63, 3.8) is 0 Å². The molecular weight excluding hydrogens is 342 g/mol. The maximum absolute atomic E-state index is 13.0. The van der Waals surface area contributed by atoms with Crippen molar-refractivity contribution in [3.8, 4) is 0 Å². The van der Waals surface area contributed by atoms with Crippen LogP contribution in [0.3, 0.4) is 0 Å². The number of hydrogen-bond donors (Lipinski definition) is 1. The predicted molar refractivity (Wildman–Crippen MR) is 92.4 cm³/mol. The molecule has 0 unspecified atom stereocenters. The number of carboxylic acids is 1. The molecule has 3 aliphatic rings. The summed E-state index contributed by atoms with van der Waals surface area (Å²) in [6.45, 7) is 4.02. The molecule has 1 N–H and O–H groups in total. The molecule has 0 aromatic heterocycles. The summed E-state index contributed by atoms with van der Waals surface area (Å²) in [6, 6.07) is 4.21. The van der Waals surface area contributed by atoms with Crippen LogP contribution in [0.5, 0.6) is 0 Å². The first-order chi connectivity index (χ1) is 11.8. The van der Waals surface area contributed by atoms with Gasteiger partial charge in [0.25, 0.3) is 0 Å². The van der Waals surface area contributed by atoms with E-state index in [0.29, 0.717) is 0 Å². The number of carbonyl (C=O) groups is 3. The molecule has 2 fully saturated rings. The molecule has 25 heavy (non-hydrogen) atoms. The normalized spacial score (nSPS) is 29.6. The Morgan fingerprint density at radius 2 is 1.64 bits per heavy atom. The van der Waals surface area contributed by atoms with Gasteiger partial charge >= 0.3 is 5.97 Å². The number of carboxylic acid groups (broad SMARTS) is 1. The van der Waals surface area contributed by atoms with Gasteiger partial charge in [-0.3, -0.25) is 9.59 Å². The van der Waals surface area contributed by atoms with Crippen LogP contribution in [0.2, 0.25) is 5.02 Å². The van der Waals surface area contributed by atoms with Crippen LogP contribution in [-0.2, 0) is 9.59 Å². The number of hydrogen-bond acceptors (Lipinski definition) is 3. The minimum absolute atomic E-state index is 0.0345. The second kappa shape index (κ2) is 5.30. The molecule has 2 bridgehead atoms. The van der Waals surface area contributed by atoms with Crippen LogP contribution in [0.15, 0.2) is 41.5 Å². The summed E-state index contributed by atoms with van der Waals surface area (Å²) in [5, 5.41) is 9.30. The van der Waals surface area contributed by atoms with Gasteiger partial charge < -0.3 is 5.11 Å². The lowest BCUT2D eigenvalue weighted by molar-refractivity contribution is -0.122. The Morgan fingerprint density at radius 1 is 1.08 bits per heavy atom. The zero-order valence-electron chi connectivity index (χ0n) is 13.7. The second-order valence-corrected chi connectivity index (χ2v) is 7.33. The average molecular weight is 358 g/mol. The lowest BCUT2D eigenvalue weighted by Gasteiger charge is -2.19. The molecule has 1 aromatic carbocycles. The molecule has 2 amide bonds. The van der Waals surface area contributed by atoms with E-state index in [1.165, 1.54) is 23.8 Å². The fourth-order valence-electron chi connectivity index (χ4n) is 4.50. The van der Waals surface area contributed by atoms with E-state index in [-0.39, 0.29) is 39.9 Å². The molecule has 6 heteroatoms. The summed E-state index contributed by atoms with van der Waals surface area (Å²) >= 11 is 5.89. The van der Waals surface area contributed by atoms with Gasteiger partial charge in [-0.15, -0.1) is 0 Å². The van der Waals surface area contributed by atoms with Crippen LogP contribution in [0.25, 0.3) is 0 Å². The number of benzene rings is 1. The van der Waals surface area contributed by atoms with Gasteiger partial charge in [0.15, 0.2) is 0 Å². The molecule has 1 heterocycles. The lowest BCUT2D eigenvalue weighted by atomic mass is 9.85. The monoisotopic (exact) mass is 357 g/mol. The highest BCUT2D eigenvalue weighted by molar-refractivity contribution is 6.34. The maximum Gasteiger partial charge on any atom is 0.337 e. The van der Waals surface area contributed by atoms with Crippen LogP contribution in [0.1, 0.15) is 24.2 Å². The van der Waals surface area contributed by atoms with Crippen molar-refractivity contribution in [1.29, 1.82) is 0 Å². The average Bonchev–Trinajstić information content (AvgIpc) is 3.18. The number of rotatable bonds is 2. The fraction of sp³-hybridized carbons (Fsp3) is 0.316. The summed E-state index contributed by atoms with van der Waals surface area (Å²) in [4.78, 5) is 38.4. The number of aromatic carboxylic acids is 1. The minimum Gasteiger partial charge on any atom is -0.478 e. The quantitative estimate of drug-likeness (QED) is 0.651. The lowest BCUT2D eigenvalue weighted by Crippen LogP contribution is -2.33. The summed E-state index contributed by atoms with van der Waals surface area (Å²) in [7, 11) is 0. The largest absolute Gasteiger partial charge is 0.478 e. The highest BCUT2D eigenvalue weighted by Gasteiger charge is 2.61. The molecule has 128 valence electrons. The van der Waals surface area contributed by atoms with Crippen molar-refractivity contribution in [2.24, 2.45) is 23.7 Å². The van der Waals surface area contributed by atoms with E-state index in [0.717, 1.165) is 10.5 Å². The van der Waals surface area contributed by atoms with Gasteiger partial charge in [0.2, 0.25) is 11.8 Å². The van der Waals surface area contributed by atoms with Crippen LogP contribution in [-0.4, -0.2) is 22.9 Å². The number of nitrogens with zero attached hydrogens (tertiary/aromatic N) is 1. The van der Waals surface area contributed by atoms with E-state index >= 15 is 0 Å². The second-order valence-electron chi connectivity index (χ2n) is 6.92. The summed E-state index contributed by atoms with van der Waals surface area (Å²) in [6.07, 6.45) is 4.04. The Hall–Kier alpha value is -2.40. The van der Waals surface area contributed by atoms with Gasteiger partial charge in [-0.1, -0.05) is 34.9 Å². The minimum atomic E-state index is -1.19. The fourth-order valence-corrected chi connectivity index (χ4v) is 4.70. The molecule has 5 nitrogen and oxygen atoms in total. The first-order valence-corrected chi connectivity index (χ1v) is 8.47. The molecule has 1 saturated carbocycles. The van der Waals surface area contributed by atoms with Crippen molar-refractivity contribution < 1.29 is 19.5 Å². The zero-order chi connectivity index (χ0) is 18.0. The van der Waals surface area contributed by atoms with Crippen LogP contribution < -0.4 is 4.90 Å². The number of halogens is 1. The van der Waals surface area contributed by atoms with Crippen molar-refractivity contribution in [1.82, 2.24) is 0 Å². The highest BCUT2D eigenvalue weighted by Crippen LogP contribution is 2.57. The third-order valence-electron chi connectivity index (χ3n) is 5.43. The number of carbonyl (C=O) groups excluding carboxylic acids is 2. The van der Waals surface area contributed by atoms with Crippen LogP contribution in [0, 0.1) is 23.7 Å². The molecule has 1 aromatic rings. The van der Waals surface area contributed by atoms with Crippen molar-refractivity contribution in [2.75, 3.05) is 4.90 Å². The van der Waals surface area contributed by atoms with Crippen molar-refractivity contribution in [2.45, 2.75) is 13.8 Å². The SMILES string of the molecule is CC(C)=C1[C@H]2C=C[C@H]1[C@H]1C(=O)N(c3ccc(Cl)c(C(=O)O)c3)C(=O)[C@H]12. The predicted octanol–water partition coefficient (Wildman–Crippen LogP) is 3.30. The standard InChI is InChI=1S/C19H16ClNO4/c1-8(2)14-10-4-5-11(14)16-15(10)17(22)21(18(16)23)9-3-6-13(20)12(7-9)19(24)25/h3-7,10-11,15-16H,1-2H3,(H,24,25)/t10-,11-,15-,16+/m1/s1. The molecule has 0 spiro atoms. The molecule has 1 aliphatic heterocycles. The van der Waals surface area contributed by atoms with Gasteiger partial charge in [0.1, 0.15) is 0 Å². The smallest absolute Gasteiger partial charge is 0.337 e. The van der Waals surface area contributed by atoms with Gasteiger partial charge in [-0.05, 0) is 32.0 Å². The summed E-state index contributed by atoms with van der Waals surface area (Å²) < 4.78 is 0. The van der Waals surface area contributed by atoms with Crippen LogP contribution >= 0.6 is 11.6 Å². The van der Waals surface area contributed by atoms with Crippen LogP contribution in [0.4, 0.5) is 5.69 Å². The topological polar surface area (TPSA) is 74.7 Å². The number of imide groups is 1. The molecule has 4 atom stereocenters. The number of anilines is 1. The Kier molecular flexibility index (Phi) is 3.41. The molecular formula is C19H16ClNO4. The Balaban J connectivity index is 1.76. The van der Waals surface area contributed by atoms with Gasteiger partial charge in [0, 0.05) is 11.8 Å². The maximum atomic E-state index is 13.0. The van der Waals surface area contributed by atoms with Crippen molar-refractivity contribution >= 4 is 35.1 Å². The van der Waals surface area contributed by atoms with Crippen molar-refractivity contribution in [3.05, 3.63) is 52.1 Å². The summed E-state index contributed by atoms with van der Waals surface area (Å²) in [5.74, 6) is -2.57. The van der Waals surface area contributed by atoms with Gasteiger partial charge in [0.05, 0.1) is 28.1 Å². The molecule has 2 aliphatic carbocycles. The van der Waals surface area contributed by atoms with Gasteiger partial charge in [-0.25, -0.2) is 9.69 Å². The first kappa shape index (κ1) is 16.1. The number of amides is 2. The Bertz CT molecular complexity index is 863. The van der Waals surface area contributed by atoms with E-state index in [1.54, 1.807) is 0 Å². The van der Waals surface area contributed by atoms with E-state index < -0.39 is 17.8 Å². The Labute approximate surface area is 149 Å². The zero-order valence-corrected chi connectivity index (χ0v) is 14.4. The summed E-state index contributed by atoms with van der Waals surface area (Å²) in [5.41, 5.74) is 2.48. The molecule has 1 saturated heterocycles. The first-order valence-electron chi connectivity index (χ1n) is 8.09. The van der Waals surface area contributed by atoms with E-state index in [1.807, 2.05) is 26.0 Å². The molecule has 0 radical (unpaired) electrons. The van der Waals surface area contributed by atoms with Gasteiger partial charge in [-0.2, -0.15) is 0 Å². The van der Waals surface area contributed by atoms with E-state index in [2.05, 4.69) is 0 Å². The third-order valence-corrected chi connectivity index (χ3v) is 5.76. The van der Waals surface area contributed by atoms with E-state index in [4.69, 9.17) is 11.6 Å². The Morgan fingerprint density at radius 3 is 2.12 bits per heavy atom.